The van der Waals surface area contributed by atoms with Crippen LogP contribution in [0.1, 0.15) is 28.8 Å². The Hall–Kier alpha value is -4.38. The number of ether oxygens (including phenoxy) is 2. The molecule has 36 heavy (non-hydrogen) atoms. The Morgan fingerprint density at radius 1 is 1.08 bits per heavy atom. The van der Waals surface area contributed by atoms with Gasteiger partial charge in [0, 0.05) is 4.47 Å². The van der Waals surface area contributed by atoms with Gasteiger partial charge in [-0.1, -0.05) is 28.1 Å². The average molecular weight is 555 g/mol. The van der Waals surface area contributed by atoms with Crippen LogP contribution in [0.25, 0.3) is 6.08 Å². The highest BCUT2D eigenvalue weighted by molar-refractivity contribution is 9.10. The van der Waals surface area contributed by atoms with Gasteiger partial charge in [-0.25, -0.2) is 14.5 Å². The number of barbiturate groups is 1. The summed E-state index contributed by atoms with van der Waals surface area (Å²) in [4.78, 5) is 49.8. The van der Waals surface area contributed by atoms with Crippen molar-refractivity contribution < 1.29 is 38.2 Å². The molecule has 4 rings (SSSR count). The third-order valence-corrected chi connectivity index (χ3v) is 5.48. The molecule has 1 aromatic heterocycles. The molecule has 3 aromatic rings. The number of hydrogen-bond donors (Lipinski definition) is 2. The average Bonchev–Trinajstić information content (AvgIpc) is 3.31. The number of carboxylic acids is 1. The highest BCUT2D eigenvalue weighted by atomic mass is 79.9. The maximum Gasteiger partial charge on any atom is 0.371 e. The van der Waals surface area contributed by atoms with Gasteiger partial charge in [-0.15, -0.1) is 0 Å². The maximum atomic E-state index is 13.1. The summed E-state index contributed by atoms with van der Waals surface area (Å²) < 4.78 is 17.2. The molecule has 1 saturated heterocycles. The molecule has 2 aromatic carbocycles. The first-order valence-electron chi connectivity index (χ1n) is 10.7. The van der Waals surface area contributed by atoms with Crippen LogP contribution in [-0.4, -0.2) is 35.5 Å². The first-order chi connectivity index (χ1) is 17.3. The number of furan rings is 1. The number of rotatable bonds is 8. The molecule has 0 unspecified atom stereocenters. The van der Waals surface area contributed by atoms with Crippen LogP contribution in [0.4, 0.5) is 10.5 Å². The molecule has 11 heteroatoms. The fraction of sp³-hybridized carbons (Fsp3) is 0.120. The van der Waals surface area contributed by atoms with Gasteiger partial charge in [-0.2, -0.15) is 0 Å². The van der Waals surface area contributed by atoms with Gasteiger partial charge < -0.3 is 19.0 Å². The summed E-state index contributed by atoms with van der Waals surface area (Å²) in [5.41, 5.74) is 0.523. The number of aromatic carboxylic acids is 1. The summed E-state index contributed by atoms with van der Waals surface area (Å²) in [6.07, 6.45) is 1.35. The summed E-state index contributed by atoms with van der Waals surface area (Å²) in [6, 6.07) is 13.3. The zero-order valence-electron chi connectivity index (χ0n) is 18.8. The topological polar surface area (TPSA) is 135 Å². The molecular formula is C25H19BrN2O8. The summed E-state index contributed by atoms with van der Waals surface area (Å²) in [5, 5.41) is 11.2. The van der Waals surface area contributed by atoms with Gasteiger partial charge in [0.25, 0.3) is 11.8 Å². The molecule has 1 aliphatic heterocycles. The van der Waals surface area contributed by atoms with E-state index in [0.717, 1.165) is 4.90 Å². The summed E-state index contributed by atoms with van der Waals surface area (Å²) >= 11 is 3.30. The minimum Gasteiger partial charge on any atom is -0.490 e. The monoisotopic (exact) mass is 554 g/mol. The van der Waals surface area contributed by atoms with E-state index >= 15 is 0 Å². The normalized spacial score (nSPS) is 14.7. The second-order valence-electron chi connectivity index (χ2n) is 7.44. The van der Waals surface area contributed by atoms with Gasteiger partial charge in [0.15, 0.2) is 11.5 Å². The van der Waals surface area contributed by atoms with E-state index < -0.39 is 23.8 Å². The number of halogens is 1. The smallest absolute Gasteiger partial charge is 0.371 e. The number of carboxylic acid groups (broad SMARTS) is 1. The van der Waals surface area contributed by atoms with Crippen molar-refractivity contribution in [1.82, 2.24) is 5.32 Å². The molecule has 10 nitrogen and oxygen atoms in total. The standard InChI is InChI=1S/C25H19BrN2O8/c1-2-34-21-11-14(6-8-19(21)35-13-17-7-9-20(36-17)24(31)32)10-18-22(29)27-25(33)28(23(18)30)16-5-3-4-15(26)12-16/h3-12H,2,13H2,1H3,(H,31,32)(H,27,29,33)/b18-10-. The van der Waals surface area contributed by atoms with E-state index in [1.54, 1.807) is 49.4 Å². The van der Waals surface area contributed by atoms with Crippen molar-refractivity contribution in [3.05, 3.63) is 81.7 Å². The molecule has 184 valence electrons. The van der Waals surface area contributed by atoms with Crippen molar-refractivity contribution in [1.29, 1.82) is 0 Å². The van der Waals surface area contributed by atoms with Gasteiger partial charge >= 0.3 is 12.0 Å². The minimum absolute atomic E-state index is 0.0433. The number of nitrogens with zero attached hydrogens (tertiary/aromatic N) is 1. The van der Waals surface area contributed by atoms with Crippen LogP contribution in [-0.2, 0) is 16.2 Å². The van der Waals surface area contributed by atoms with E-state index in [2.05, 4.69) is 21.2 Å². The van der Waals surface area contributed by atoms with Crippen molar-refractivity contribution in [3.63, 3.8) is 0 Å². The van der Waals surface area contributed by atoms with Gasteiger partial charge in [0.1, 0.15) is 17.9 Å². The van der Waals surface area contributed by atoms with Crippen molar-refractivity contribution in [2.75, 3.05) is 11.5 Å². The third-order valence-electron chi connectivity index (χ3n) is 4.99. The van der Waals surface area contributed by atoms with Gasteiger partial charge in [0.2, 0.25) is 5.76 Å². The quantitative estimate of drug-likeness (QED) is 0.309. The minimum atomic E-state index is -1.19. The molecule has 2 N–H and O–H groups in total. The van der Waals surface area contributed by atoms with Crippen LogP contribution in [0.3, 0.4) is 0 Å². The van der Waals surface area contributed by atoms with Crippen LogP contribution < -0.4 is 19.7 Å². The number of imide groups is 2. The van der Waals surface area contributed by atoms with Gasteiger partial charge in [0.05, 0.1) is 12.3 Å². The summed E-state index contributed by atoms with van der Waals surface area (Å²) in [7, 11) is 0. The molecule has 1 fully saturated rings. The number of urea groups is 1. The van der Waals surface area contributed by atoms with Crippen LogP contribution in [0.2, 0.25) is 0 Å². The lowest BCUT2D eigenvalue weighted by Gasteiger charge is -2.26. The number of carbonyl (C=O) groups excluding carboxylic acids is 3. The molecule has 0 aliphatic carbocycles. The van der Waals surface area contributed by atoms with Crippen molar-refractivity contribution in [2.24, 2.45) is 0 Å². The SMILES string of the molecule is CCOc1cc(/C=C2/C(=O)NC(=O)N(c3cccc(Br)c3)C2=O)ccc1OCc1ccc(C(=O)O)o1. The Morgan fingerprint density at radius 2 is 1.89 bits per heavy atom. The van der Waals surface area contributed by atoms with Crippen LogP contribution in [0.15, 0.2) is 69.1 Å². The van der Waals surface area contributed by atoms with Gasteiger partial charge in [-0.05, 0) is 61.0 Å². The highest BCUT2D eigenvalue weighted by Gasteiger charge is 2.36. The van der Waals surface area contributed by atoms with Crippen LogP contribution >= 0.6 is 15.9 Å². The predicted octanol–water partition coefficient (Wildman–Crippen LogP) is 4.38. The Morgan fingerprint density at radius 3 is 2.58 bits per heavy atom. The number of amides is 4. The van der Waals surface area contributed by atoms with E-state index in [0.29, 0.717) is 39.6 Å². The van der Waals surface area contributed by atoms with E-state index in [1.165, 1.54) is 18.2 Å². The number of anilines is 1. The molecule has 0 saturated carbocycles. The van der Waals surface area contributed by atoms with Crippen LogP contribution in [0.5, 0.6) is 11.5 Å². The molecule has 0 radical (unpaired) electrons. The highest BCUT2D eigenvalue weighted by Crippen LogP contribution is 2.31. The molecule has 0 bridgehead atoms. The lowest BCUT2D eigenvalue weighted by atomic mass is 10.1. The Balaban J connectivity index is 1.59. The molecular weight excluding hydrogens is 536 g/mol. The Bertz CT molecular complexity index is 1390. The number of carbonyl (C=O) groups is 4. The largest absolute Gasteiger partial charge is 0.490 e. The lowest BCUT2D eigenvalue weighted by Crippen LogP contribution is -2.54. The maximum absolute atomic E-state index is 13.1. The van der Waals surface area contributed by atoms with E-state index in [1.807, 2.05) is 0 Å². The van der Waals surface area contributed by atoms with E-state index in [-0.39, 0.29) is 17.9 Å². The van der Waals surface area contributed by atoms with Gasteiger partial charge in [-0.3, -0.25) is 14.9 Å². The number of benzene rings is 2. The first kappa shape index (κ1) is 24.7. The Labute approximate surface area is 213 Å². The molecule has 4 amide bonds. The van der Waals surface area contributed by atoms with Crippen molar-refractivity contribution in [2.45, 2.75) is 13.5 Å². The molecule has 0 atom stereocenters. The zero-order valence-corrected chi connectivity index (χ0v) is 20.4. The predicted molar refractivity (Wildman–Crippen MR) is 131 cm³/mol. The lowest BCUT2D eigenvalue weighted by molar-refractivity contribution is -0.122. The summed E-state index contributed by atoms with van der Waals surface area (Å²) in [5.74, 6) is -1.99. The third kappa shape index (κ3) is 5.31. The zero-order chi connectivity index (χ0) is 25.8. The van der Waals surface area contributed by atoms with Crippen molar-refractivity contribution >= 4 is 51.5 Å². The fourth-order valence-corrected chi connectivity index (χ4v) is 3.78. The number of nitrogens with one attached hydrogen (secondary N) is 1. The second kappa shape index (κ2) is 10.5. The fourth-order valence-electron chi connectivity index (χ4n) is 3.40. The second-order valence-corrected chi connectivity index (χ2v) is 8.35. The number of hydrogen-bond acceptors (Lipinski definition) is 7. The van der Waals surface area contributed by atoms with Crippen molar-refractivity contribution in [3.8, 4) is 11.5 Å². The van der Waals surface area contributed by atoms with E-state index in [9.17, 15) is 19.2 Å². The molecule has 0 spiro atoms. The van der Waals surface area contributed by atoms with Crippen LogP contribution in [0, 0.1) is 0 Å². The summed E-state index contributed by atoms with van der Waals surface area (Å²) in [6.45, 7) is 2.05. The molecule has 1 aliphatic rings. The van der Waals surface area contributed by atoms with E-state index in [4.69, 9.17) is 19.0 Å². The Kier molecular flexibility index (Phi) is 7.20. The molecule has 2 heterocycles. The first-order valence-corrected chi connectivity index (χ1v) is 11.4.